The Balaban J connectivity index is 2.17. The molecule has 0 spiro atoms. The van der Waals surface area contributed by atoms with E-state index in [1.165, 1.54) is 12.2 Å². The van der Waals surface area contributed by atoms with E-state index in [0.717, 1.165) is 11.3 Å². The lowest BCUT2D eigenvalue weighted by Crippen LogP contribution is -2.28. The first kappa shape index (κ1) is 14.1. The van der Waals surface area contributed by atoms with Crippen LogP contribution in [0.25, 0.3) is 0 Å². The molecule has 1 aromatic heterocycles. The summed E-state index contributed by atoms with van der Waals surface area (Å²) in [6, 6.07) is 9.30. The van der Waals surface area contributed by atoms with Gasteiger partial charge in [-0.15, -0.1) is 0 Å². The fourth-order valence-corrected chi connectivity index (χ4v) is 1.79. The van der Waals surface area contributed by atoms with Crippen molar-refractivity contribution < 1.29 is 14.4 Å². The second-order valence-corrected chi connectivity index (χ2v) is 4.21. The molecular weight excluding hydrogens is 258 g/mol. The van der Waals surface area contributed by atoms with Gasteiger partial charge in [0, 0.05) is 13.2 Å². The topological polar surface area (TPSA) is 56.6 Å². The van der Waals surface area contributed by atoms with Crippen LogP contribution in [0.3, 0.4) is 0 Å². The van der Waals surface area contributed by atoms with Crippen LogP contribution >= 0.6 is 0 Å². The predicted octanol–water partition coefficient (Wildman–Crippen LogP) is 1.57. The number of carbonyl (C=O) groups excluding carboxylic acids is 1. The first-order chi connectivity index (χ1) is 9.65. The van der Waals surface area contributed by atoms with E-state index in [-0.39, 0.29) is 5.91 Å². The summed E-state index contributed by atoms with van der Waals surface area (Å²) >= 11 is 0. The van der Waals surface area contributed by atoms with Crippen LogP contribution in [0, 0.1) is 0 Å². The van der Waals surface area contributed by atoms with Crippen LogP contribution in [0.2, 0.25) is 0 Å². The molecule has 0 aliphatic rings. The van der Waals surface area contributed by atoms with Crippen molar-refractivity contribution in [3.05, 3.63) is 47.8 Å². The zero-order valence-electron chi connectivity index (χ0n) is 11.7. The molecule has 0 bridgehead atoms. The van der Waals surface area contributed by atoms with E-state index in [1.54, 1.807) is 31.1 Å². The summed E-state index contributed by atoms with van der Waals surface area (Å²) < 4.78 is 6.75. The van der Waals surface area contributed by atoms with Gasteiger partial charge in [-0.3, -0.25) is 14.3 Å². The van der Waals surface area contributed by atoms with Crippen molar-refractivity contribution in [2.45, 2.75) is 6.54 Å². The molecule has 1 aromatic carbocycles. The van der Waals surface area contributed by atoms with Crippen LogP contribution < -0.4 is 4.74 Å². The van der Waals surface area contributed by atoms with E-state index in [2.05, 4.69) is 5.10 Å². The van der Waals surface area contributed by atoms with Crippen molar-refractivity contribution in [3.8, 4) is 5.75 Å². The van der Waals surface area contributed by atoms with Crippen LogP contribution in [0.15, 0.2) is 36.5 Å². The molecule has 0 saturated carbocycles. The molecule has 1 heterocycles. The predicted molar refractivity (Wildman–Crippen MR) is 73.4 cm³/mol. The van der Waals surface area contributed by atoms with Crippen LogP contribution in [0.1, 0.15) is 16.1 Å². The van der Waals surface area contributed by atoms with Crippen LogP contribution in [-0.2, 0) is 11.4 Å². The molecule has 0 N–H and O–H groups in total. The highest BCUT2D eigenvalue weighted by Gasteiger charge is 2.16. The number of hydrogen-bond donors (Lipinski definition) is 0. The quantitative estimate of drug-likeness (QED) is 0.777. The SMILES string of the molecule is COc1ccc(Cn2nccc2C(=O)N(C)OC)cc1. The van der Waals surface area contributed by atoms with E-state index in [0.29, 0.717) is 12.2 Å². The first-order valence-electron chi connectivity index (χ1n) is 6.12. The lowest BCUT2D eigenvalue weighted by Gasteiger charge is -2.14. The Morgan fingerprint density at radius 1 is 1.25 bits per heavy atom. The number of aromatic nitrogens is 2. The maximum absolute atomic E-state index is 12.1. The van der Waals surface area contributed by atoms with Gasteiger partial charge >= 0.3 is 0 Å². The first-order valence-corrected chi connectivity index (χ1v) is 6.12. The fraction of sp³-hybridized carbons (Fsp3) is 0.286. The van der Waals surface area contributed by atoms with E-state index in [4.69, 9.17) is 9.57 Å². The van der Waals surface area contributed by atoms with Gasteiger partial charge in [-0.25, -0.2) is 5.06 Å². The van der Waals surface area contributed by atoms with Crippen LogP contribution in [0.5, 0.6) is 5.75 Å². The number of nitrogens with zero attached hydrogens (tertiary/aromatic N) is 3. The normalized spacial score (nSPS) is 10.3. The van der Waals surface area contributed by atoms with Gasteiger partial charge in [0.05, 0.1) is 20.8 Å². The Morgan fingerprint density at radius 2 is 1.95 bits per heavy atom. The maximum Gasteiger partial charge on any atom is 0.295 e. The summed E-state index contributed by atoms with van der Waals surface area (Å²) in [5.74, 6) is 0.558. The smallest absolute Gasteiger partial charge is 0.295 e. The number of rotatable bonds is 5. The molecule has 2 aromatic rings. The van der Waals surface area contributed by atoms with Gasteiger partial charge in [-0.2, -0.15) is 5.10 Å². The largest absolute Gasteiger partial charge is 0.497 e. The molecule has 106 valence electrons. The van der Waals surface area contributed by atoms with Gasteiger partial charge in [-0.05, 0) is 23.8 Å². The minimum atomic E-state index is -0.237. The molecule has 6 nitrogen and oxygen atoms in total. The molecule has 0 radical (unpaired) electrons. The third kappa shape index (κ3) is 2.97. The molecule has 20 heavy (non-hydrogen) atoms. The van der Waals surface area contributed by atoms with E-state index >= 15 is 0 Å². The lowest BCUT2D eigenvalue weighted by atomic mass is 10.2. The number of amides is 1. The zero-order chi connectivity index (χ0) is 14.5. The Kier molecular flexibility index (Phi) is 4.37. The second kappa shape index (κ2) is 6.21. The Bertz CT molecular complexity index is 578. The van der Waals surface area contributed by atoms with Crippen LogP contribution in [0.4, 0.5) is 0 Å². The summed E-state index contributed by atoms with van der Waals surface area (Å²) in [6.07, 6.45) is 1.60. The van der Waals surface area contributed by atoms with E-state index < -0.39 is 0 Å². The molecule has 2 rings (SSSR count). The van der Waals surface area contributed by atoms with E-state index in [1.807, 2.05) is 24.3 Å². The number of carbonyl (C=O) groups is 1. The van der Waals surface area contributed by atoms with Gasteiger partial charge in [-0.1, -0.05) is 12.1 Å². The highest BCUT2D eigenvalue weighted by atomic mass is 16.7. The number of hydrogen-bond acceptors (Lipinski definition) is 4. The number of hydroxylamine groups is 2. The number of methoxy groups -OCH3 is 1. The Labute approximate surface area is 117 Å². The van der Waals surface area contributed by atoms with Gasteiger partial charge < -0.3 is 4.74 Å². The number of benzene rings is 1. The molecule has 0 fully saturated rings. The van der Waals surface area contributed by atoms with Crippen molar-refractivity contribution in [1.29, 1.82) is 0 Å². The standard InChI is InChI=1S/C14H17N3O3/c1-16(20-3)14(18)13-8-9-15-17(13)10-11-4-6-12(19-2)7-5-11/h4-9H,10H2,1-3H3. The average molecular weight is 275 g/mol. The van der Waals surface area contributed by atoms with Gasteiger partial charge in [0.15, 0.2) is 0 Å². The zero-order valence-corrected chi connectivity index (χ0v) is 11.7. The van der Waals surface area contributed by atoms with Crippen molar-refractivity contribution >= 4 is 5.91 Å². The molecular formula is C14H17N3O3. The molecule has 0 aliphatic carbocycles. The monoisotopic (exact) mass is 275 g/mol. The van der Waals surface area contributed by atoms with Gasteiger partial charge in [0.25, 0.3) is 5.91 Å². The average Bonchev–Trinajstić information content (AvgIpc) is 2.94. The Morgan fingerprint density at radius 3 is 2.55 bits per heavy atom. The summed E-state index contributed by atoms with van der Waals surface area (Å²) in [5.41, 5.74) is 1.51. The molecule has 1 amide bonds. The third-order valence-corrected chi connectivity index (χ3v) is 2.99. The summed E-state index contributed by atoms with van der Waals surface area (Å²) in [6.45, 7) is 0.510. The minimum absolute atomic E-state index is 0.237. The number of ether oxygens (including phenoxy) is 1. The molecule has 0 unspecified atom stereocenters. The Hall–Kier alpha value is -2.34. The maximum atomic E-state index is 12.1. The molecule has 0 saturated heterocycles. The van der Waals surface area contributed by atoms with E-state index in [9.17, 15) is 4.79 Å². The molecule has 0 atom stereocenters. The van der Waals surface area contributed by atoms with Crippen molar-refractivity contribution in [2.75, 3.05) is 21.3 Å². The van der Waals surface area contributed by atoms with Crippen molar-refractivity contribution in [1.82, 2.24) is 14.8 Å². The van der Waals surface area contributed by atoms with Crippen molar-refractivity contribution in [3.63, 3.8) is 0 Å². The van der Waals surface area contributed by atoms with Crippen molar-refractivity contribution in [2.24, 2.45) is 0 Å². The lowest BCUT2D eigenvalue weighted by molar-refractivity contribution is -0.0763. The summed E-state index contributed by atoms with van der Waals surface area (Å²) in [5, 5.41) is 5.34. The van der Waals surface area contributed by atoms with Gasteiger partial charge in [0.2, 0.25) is 0 Å². The summed E-state index contributed by atoms with van der Waals surface area (Å²) in [4.78, 5) is 17.0. The van der Waals surface area contributed by atoms with Crippen LogP contribution in [-0.4, -0.2) is 42.0 Å². The fourth-order valence-electron chi connectivity index (χ4n) is 1.79. The third-order valence-electron chi connectivity index (χ3n) is 2.99. The highest BCUT2D eigenvalue weighted by Crippen LogP contribution is 2.13. The molecule has 0 aliphatic heterocycles. The second-order valence-electron chi connectivity index (χ2n) is 4.21. The minimum Gasteiger partial charge on any atom is -0.497 e. The summed E-state index contributed by atoms with van der Waals surface area (Å²) in [7, 11) is 4.63. The van der Waals surface area contributed by atoms with Gasteiger partial charge in [0.1, 0.15) is 11.4 Å². The highest BCUT2D eigenvalue weighted by molar-refractivity contribution is 5.91. The molecule has 6 heteroatoms.